The molecule has 0 fully saturated rings. The minimum Gasteiger partial charge on any atom is -0.478 e. The summed E-state index contributed by atoms with van der Waals surface area (Å²) in [5.74, 6) is -0.935. The zero-order chi connectivity index (χ0) is 10.9. The van der Waals surface area contributed by atoms with Crippen LogP contribution in [0.1, 0.15) is 20.3 Å². The summed E-state index contributed by atoms with van der Waals surface area (Å²) in [5, 5.41) is 7.89. The summed E-state index contributed by atoms with van der Waals surface area (Å²) >= 11 is 0. The molecule has 0 radical (unpaired) electrons. The predicted molar refractivity (Wildman–Crippen MR) is 49.0 cm³/mol. The van der Waals surface area contributed by atoms with E-state index in [1.807, 2.05) is 6.92 Å². The van der Waals surface area contributed by atoms with Crippen LogP contribution in [0.15, 0.2) is 12.2 Å². The lowest BCUT2D eigenvalue weighted by atomic mass is 10.4. The number of hydrogen-bond acceptors (Lipinski definition) is 4. The topological polar surface area (TPSA) is 80.7 Å². The van der Waals surface area contributed by atoms with Crippen LogP contribution in [-0.4, -0.2) is 26.1 Å². The fourth-order valence-electron chi connectivity index (χ4n) is 0.166. The Hall–Kier alpha value is -0.880. The molecular weight excluding hydrogens is 196 g/mol. The van der Waals surface area contributed by atoms with Crippen molar-refractivity contribution < 1.29 is 22.5 Å². The summed E-state index contributed by atoms with van der Waals surface area (Å²) in [6.07, 6.45) is 0.739. The second-order valence-electron chi connectivity index (χ2n) is 2.14. The van der Waals surface area contributed by atoms with Gasteiger partial charge in [0.05, 0.1) is 6.61 Å². The van der Waals surface area contributed by atoms with Crippen molar-refractivity contribution in [1.29, 1.82) is 0 Å². The molecule has 0 aliphatic heterocycles. The lowest BCUT2D eigenvalue weighted by Crippen LogP contribution is -1.92. The molecule has 0 spiro atoms. The van der Waals surface area contributed by atoms with Crippen molar-refractivity contribution in [3.63, 3.8) is 0 Å². The van der Waals surface area contributed by atoms with Crippen LogP contribution in [0.2, 0.25) is 0 Å². The molecule has 0 atom stereocenters. The fraction of sp³-hybridized carbons (Fsp3) is 0.571. The summed E-state index contributed by atoms with van der Waals surface area (Å²) < 4.78 is 23.3. The molecule has 1 N–H and O–H groups in total. The SMILES string of the molecule is C=C(C)C(=O)O.CCCO[SH](=O)=O. The van der Waals surface area contributed by atoms with Gasteiger partial charge in [-0.3, -0.25) is 4.18 Å². The van der Waals surface area contributed by atoms with Crippen LogP contribution in [0.4, 0.5) is 0 Å². The molecule has 0 aromatic rings. The van der Waals surface area contributed by atoms with E-state index in [1.165, 1.54) is 6.92 Å². The molecule has 5 nitrogen and oxygen atoms in total. The number of carbonyl (C=O) groups is 1. The number of carboxylic acids is 1. The van der Waals surface area contributed by atoms with Crippen molar-refractivity contribution in [2.75, 3.05) is 6.61 Å². The Bertz CT molecular complexity index is 211. The van der Waals surface area contributed by atoms with E-state index in [0.29, 0.717) is 6.61 Å². The van der Waals surface area contributed by atoms with Gasteiger partial charge in [0, 0.05) is 5.57 Å². The number of aliphatic carboxylic acids is 1. The van der Waals surface area contributed by atoms with Gasteiger partial charge in [0.25, 0.3) is 11.0 Å². The molecular formula is C7H14O5S. The fourth-order valence-corrected chi connectivity index (χ4v) is 0.497. The van der Waals surface area contributed by atoms with Gasteiger partial charge in [0.15, 0.2) is 0 Å². The van der Waals surface area contributed by atoms with Crippen molar-refractivity contribution in [2.24, 2.45) is 0 Å². The lowest BCUT2D eigenvalue weighted by Gasteiger charge is -1.84. The first kappa shape index (κ1) is 14.6. The van der Waals surface area contributed by atoms with Gasteiger partial charge in [0.1, 0.15) is 0 Å². The zero-order valence-electron chi connectivity index (χ0n) is 7.65. The van der Waals surface area contributed by atoms with E-state index in [-0.39, 0.29) is 5.57 Å². The normalized spacial score (nSPS) is 8.85. The summed E-state index contributed by atoms with van der Waals surface area (Å²) in [4.78, 5) is 9.60. The summed E-state index contributed by atoms with van der Waals surface area (Å²) in [7, 11) is -2.61. The quantitative estimate of drug-likeness (QED) is 0.524. The van der Waals surface area contributed by atoms with Crippen molar-refractivity contribution >= 4 is 17.0 Å². The van der Waals surface area contributed by atoms with Crippen LogP contribution >= 0.6 is 0 Å². The van der Waals surface area contributed by atoms with Crippen molar-refractivity contribution in [3.05, 3.63) is 12.2 Å². The molecule has 0 aliphatic carbocycles. The van der Waals surface area contributed by atoms with Gasteiger partial charge in [-0.05, 0) is 13.3 Å². The van der Waals surface area contributed by atoms with Crippen molar-refractivity contribution in [1.82, 2.24) is 0 Å². The van der Waals surface area contributed by atoms with E-state index < -0.39 is 17.0 Å². The molecule has 0 aromatic heterocycles. The van der Waals surface area contributed by atoms with Crippen LogP contribution in [0.25, 0.3) is 0 Å². The van der Waals surface area contributed by atoms with E-state index in [0.717, 1.165) is 6.42 Å². The molecule has 0 heterocycles. The number of rotatable bonds is 4. The van der Waals surface area contributed by atoms with E-state index in [2.05, 4.69) is 10.8 Å². The molecule has 0 saturated carbocycles. The maximum atomic E-state index is 9.60. The second-order valence-corrected chi connectivity index (χ2v) is 2.85. The molecule has 0 unspecified atom stereocenters. The predicted octanol–water partition coefficient (Wildman–Crippen LogP) is 0.587. The Kier molecular flexibility index (Phi) is 10.4. The van der Waals surface area contributed by atoms with E-state index in [1.54, 1.807) is 0 Å². The van der Waals surface area contributed by atoms with Gasteiger partial charge in [-0.25, -0.2) is 13.2 Å². The highest BCUT2D eigenvalue weighted by Gasteiger charge is 1.90. The van der Waals surface area contributed by atoms with Gasteiger partial charge in [-0.1, -0.05) is 13.5 Å². The molecule has 0 rings (SSSR count). The van der Waals surface area contributed by atoms with E-state index in [4.69, 9.17) is 5.11 Å². The minimum absolute atomic E-state index is 0.176. The Morgan fingerprint density at radius 1 is 1.54 bits per heavy atom. The first-order chi connectivity index (χ1) is 5.91. The Morgan fingerprint density at radius 3 is 2.00 bits per heavy atom. The van der Waals surface area contributed by atoms with Crippen LogP contribution in [-0.2, 0) is 20.0 Å². The van der Waals surface area contributed by atoms with Crippen LogP contribution in [0.5, 0.6) is 0 Å². The Balaban J connectivity index is 0. The molecule has 6 heteroatoms. The smallest absolute Gasteiger partial charge is 0.330 e. The molecule has 78 valence electrons. The molecule has 0 aromatic carbocycles. The van der Waals surface area contributed by atoms with Crippen molar-refractivity contribution in [2.45, 2.75) is 20.3 Å². The number of carboxylic acid groups (broad SMARTS) is 1. The number of thiol groups is 1. The van der Waals surface area contributed by atoms with Gasteiger partial charge >= 0.3 is 5.97 Å². The highest BCUT2D eigenvalue weighted by Crippen LogP contribution is 1.81. The Morgan fingerprint density at radius 2 is 1.92 bits per heavy atom. The molecule has 0 amide bonds. The third-order valence-electron chi connectivity index (χ3n) is 0.766. The molecule has 0 saturated heterocycles. The average Bonchev–Trinajstić information content (AvgIpc) is 2.01. The largest absolute Gasteiger partial charge is 0.478 e. The van der Waals surface area contributed by atoms with E-state index in [9.17, 15) is 13.2 Å². The standard InChI is InChI=1S/C4H6O2.C3H8O3S/c1-3(2)4(5)6;1-2-3-6-7(4)5/h1H2,2H3,(H,5,6);7H,2-3H2,1H3. The maximum Gasteiger partial charge on any atom is 0.330 e. The molecule has 0 bridgehead atoms. The summed E-state index contributed by atoms with van der Waals surface area (Å²) in [5.41, 5.74) is 0.176. The summed E-state index contributed by atoms with van der Waals surface area (Å²) in [6.45, 7) is 6.75. The maximum absolute atomic E-state index is 9.60. The monoisotopic (exact) mass is 210 g/mol. The van der Waals surface area contributed by atoms with Gasteiger partial charge < -0.3 is 5.11 Å². The lowest BCUT2D eigenvalue weighted by molar-refractivity contribution is -0.132. The van der Waals surface area contributed by atoms with Gasteiger partial charge in [-0.15, -0.1) is 0 Å². The van der Waals surface area contributed by atoms with E-state index >= 15 is 0 Å². The highest BCUT2D eigenvalue weighted by atomic mass is 32.2. The molecule has 13 heavy (non-hydrogen) atoms. The van der Waals surface area contributed by atoms with Crippen molar-refractivity contribution in [3.8, 4) is 0 Å². The van der Waals surface area contributed by atoms with Crippen LogP contribution < -0.4 is 0 Å². The van der Waals surface area contributed by atoms with Gasteiger partial charge in [-0.2, -0.15) is 0 Å². The zero-order valence-corrected chi connectivity index (χ0v) is 8.54. The average molecular weight is 210 g/mol. The van der Waals surface area contributed by atoms with Crippen LogP contribution in [0, 0.1) is 0 Å². The highest BCUT2D eigenvalue weighted by molar-refractivity contribution is 7.67. The number of hydrogen-bond donors (Lipinski definition) is 2. The minimum atomic E-state index is -2.61. The first-order valence-corrected chi connectivity index (χ1v) is 4.67. The molecule has 0 aliphatic rings. The van der Waals surface area contributed by atoms with Crippen LogP contribution in [0.3, 0.4) is 0 Å². The Labute approximate surface area is 79.2 Å². The second kappa shape index (κ2) is 9.21. The first-order valence-electron chi connectivity index (χ1n) is 3.57. The van der Waals surface area contributed by atoms with Gasteiger partial charge in [0.2, 0.25) is 0 Å². The third kappa shape index (κ3) is 18.2. The third-order valence-corrected chi connectivity index (χ3v) is 1.16. The summed E-state index contributed by atoms with van der Waals surface area (Å²) in [6, 6.07) is 0.